The molecular formula is C18H39IN4O. The van der Waals surface area contributed by atoms with Gasteiger partial charge in [-0.3, -0.25) is 4.99 Å². The molecule has 0 aromatic rings. The van der Waals surface area contributed by atoms with E-state index in [4.69, 9.17) is 4.74 Å². The van der Waals surface area contributed by atoms with Crippen molar-refractivity contribution in [2.75, 3.05) is 53.0 Å². The molecule has 1 saturated heterocycles. The first-order chi connectivity index (χ1) is 11.3. The number of nitrogens with one attached hydrogen (secondary N) is 2. The van der Waals surface area contributed by atoms with Crippen molar-refractivity contribution < 1.29 is 4.74 Å². The summed E-state index contributed by atoms with van der Waals surface area (Å²) in [5.41, 5.74) is 0. The first kappa shape index (κ1) is 23.9. The maximum absolute atomic E-state index is 5.07. The van der Waals surface area contributed by atoms with Crippen LogP contribution in [0.3, 0.4) is 0 Å². The smallest absolute Gasteiger partial charge is 0.191 e. The molecule has 5 nitrogen and oxygen atoms in total. The molecule has 0 aromatic carbocycles. The summed E-state index contributed by atoms with van der Waals surface area (Å²) in [6.07, 6.45) is 7.37. The van der Waals surface area contributed by atoms with Crippen LogP contribution in [0.2, 0.25) is 0 Å². The highest BCUT2D eigenvalue weighted by Crippen LogP contribution is 2.15. The minimum absolute atomic E-state index is 0. The van der Waals surface area contributed by atoms with Crippen molar-refractivity contribution in [3.63, 3.8) is 0 Å². The van der Waals surface area contributed by atoms with Crippen molar-refractivity contribution in [2.45, 2.75) is 52.4 Å². The maximum Gasteiger partial charge on any atom is 0.191 e. The van der Waals surface area contributed by atoms with Crippen LogP contribution in [0.5, 0.6) is 0 Å². The fourth-order valence-corrected chi connectivity index (χ4v) is 2.87. The van der Waals surface area contributed by atoms with E-state index in [0.717, 1.165) is 51.0 Å². The van der Waals surface area contributed by atoms with Crippen LogP contribution in [0, 0.1) is 5.92 Å². The second kappa shape index (κ2) is 16.4. The van der Waals surface area contributed by atoms with E-state index in [9.17, 15) is 0 Å². The molecule has 0 atom stereocenters. The minimum atomic E-state index is 0. The highest BCUT2D eigenvalue weighted by atomic mass is 127. The van der Waals surface area contributed by atoms with Crippen LogP contribution in [-0.4, -0.2) is 63.8 Å². The van der Waals surface area contributed by atoms with Gasteiger partial charge < -0.3 is 20.3 Å². The Morgan fingerprint density at radius 2 is 1.88 bits per heavy atom. The molecular weight excluding hydrogens is 415 g/mol. The second-order valence-electron chi connectivity index (χ2n) is 6.62. The van der Waals surface area contributed by atoms with Crippen LogP contribution in [0.1, 0.15) is 52.4 Å². The molecule has 0 bridgehead atoms. The van der Waals surface area contributed by atoms with Crippen LogP contribution in [0.25, 0.3) is 0 Å². The molecule has 0 radical (unpaired) electrons. The fourth-order valence-electron chi connectivity index (χ4n) is 2.87. The minimum Gasteiger partial charge on any atom is -0.385 e. The Hall–Kier alpha value is -0.0800. The number of nitrogens with zero attached hydrogens (tertiary/aromatic N) is 2. The van der Waals surface area contributed by atoms with Gasteiger partial charge in [-0.05, 0) is 71.0 Å². The van der Waals surface area contributed by atoms with E-state index in [1.54, 1.807) is 7.11 Å². The molecule has 0 spiro atoms. The summed E-state index contributed by atoms with van der Waals surface area (Å²) in [6, 6.07) is 0. The van der Waals surface area contributed by atoms with E-state index >= 15 is 0 Å². The lowest BCUT2D eigenvalue weighted by atomic mass is 9.99. The van der Waals surface area contributed by atoms with E-state index in [1.165, 1.54) is 45.3 Å². The number of unbranched alkanes of at least 4 members (excludes halogenated alkanes) is 2. The van der Waals surface area contributed by atoms with Gasteiger partial charge in [0.25, 0.3) is 0 Å². The summed E-state index contributed by atoms with van der Waals surface area (Å²) in [5, 5.41) is 6.76. The number of hydrogen-bond donors (Lipinski definition) is 2. The largest absolute Gasteiger partial charge is 0.385 e. The predicted octanol–water partition coefficient (Wildman–Crippen LogP) is 3.10. The SMILES string of the molecule is CCNC(=NCCCN1CCC(C)CC1)NCCCCCOC.I. The van der Waals surface area contributed by atoms with Crippen molar-refractivity contribution in [1.29, 1.82) is 0 Å². The molecule has 0 saturated carbocycles. The summed E-state index contributed by atoms with van der Waals surface area (Å²) >= 11 is 0. The number of halogens is 1. The predicted molar refractivity (Wildman–Crippen MR) is 115 cm³/mol. The molecule has 0 aliphatic carbocycles. The topological polar surface area (TPSA) is 48.9 Å². The van der Waals surface area contributed by atoms with Gasteiger partial charge in [0, 0.05) is 33.4 Å². The Balaban J connectivity index is 0.00000529. The number of methoxy groups -OCH3 is 1. The average molecular weight is 454 g/mol. The zero-order valence-corrected chi connectivity index (χ0v) is 18.3. The quantitative estimate of drug-likeness (QED) is 0.218. The highest BCUT2D eigenvalue weighted by molar-refractivity contribution is 14.0. The van der Waals surface area contributed by atoms with E-state index < -0.39 is 0 Å². The third-order valence-electron chi connectivity index (χ3n) is 4.44. The molecule has 1 heterocycles. The van der Waals surface area contributed by atoms with Crippen LogP contribution in [-0.2, 0) is 4.74 Å². The molecule has 1 aliphatic heterocycles. The van der Waals surface area contributed by atoms with E-state index in [0.29, 0.717) is 0 Å². The van der Waals surface area contributed by atoms with E-state index in [1.807, 2.05) is 0 Å². The Bertz CT molecular complexity index is 307. The number of piperidine rings is 1. The number of aliphatic imine (C=N–C) groups is 1. The van der Waals surface area contributed by atoms with Gasteiger partial charge in [-0.1, -0.05) is 6.92 Å². The first-order valence-electron chi connectivity index (χ1n) is 9.49. The Kier molecular flexibility index (Phi) is 16.3. The molecule has 24 heavy (non-hydrogen) atoms. The zero-order valence-electron chi connectivity index (χ0n) is 16.0. The van der Waals surface area contributed by atoms with Crippen molar-refractivity contribution in [2.24, 2.45) is 10.9 Å². The summed E-state index contributed by atoms with van der Waals surface area (Å²) in [5.74, 6) is 1.88. The lowest BCUT2D eigenvalue weighted by Crippen LogP contribution is -2.38. The molecule has 0 aromatic heterocycles. The van der Waals surface area contributed by atoms with Gasteiger partial charge in [-0.2, -0.15) is 0 Å². The van der Waals surface area contributed by atoms with Gasteiger partial charge in [0.15, 0.2) is 5.96 Å². The van der Waals surface area contributed by atoms with Crippen molar-refractivity contribution in [3.05, 3.63) is 0 Å². The van der Waals surface area contributed by atoms with Gasteiger partial charge in [-0.15, -0.1) is 24.0 Å². The highest BCUT2D eigenvalue weighted by Gasteiger charge is 2.14. The van der Waals surface area contributed by atoms with Crippen LogP contribution >= 0.6 is 24.0 Å². The molecule has 1 rings (SSSR count). The molecule has 6 heteroatoms. The number of hydrogen-bond acceptors (Lipinski definition) is 3. The number of likely N-dealkylation sites (tertiary alicyclic amines) is 1. The molecule has 0 amide bonds. The second-order valence-corrected chi connectivity index (χ2v) is 6.62. The normalized spacial score (nSPS) is 16.7. The maximum atomic E-state index is 5.07. The number of rotatable bonds is 11. The lowest BCUT2D eigenvalue weighted by molar-refractivity contribution is 0.191. The Morgan fingerprint density at radius 1 is 1.12 bits per heavy atom. The van der Waals surface area contributed by atoms with E-state index in [2.05, 4.69) is 34.4 Å². The van der Waals surface area contributed by atoms with Crippen LogP contribution in [0.4, 0.5) is 0 Å². The summed E-state index contributed by atoms with van der Waals surface area (Å²) < 4.78 is 5.07. The van der Waals surface area contributed by atoms with Gasteiger partial charge in [0.2, 0.25) is 0 Å². The summed E-state index contributed by atoms with van der Waals surface area (Å²) in [6.45, 7) is 11.9. The van der Waals surface area contributed by atoms with Gasteiger partial charge in [0.1, 0.15) is 0 Å². The molecule has 0 unspecified atom stereocenters. The molecule has 2 N–H and O–H groups in total. The first-order valence-corrected chi connectivity index (χ1v) is 9.49. The average Bonchev–Trinajstić information content (AvgIpc) is 2.56. The van der Waals surface area contributed by atoms with Gasteiger partial charge in [-0.25, -0.2) is 0 Å². The number of guanidine groups is 1. The van der Waals surface area contributed by atoms with Gasteiger partial charge in [0.05, 0.1) is 0 Å². The van der Waals surface area contributed by atoms with Crippen LogP contribution < -0.4 is 10.6 Å². The number of ether oxygens (including phenoxy) is 1. The monoisotopic (exact) mass is 454 g/mol. The van der Waals surface area contributed by atoms with Gasteiger partial charge >= 0.3 is 0 Å². The Morgan fingerprint density at radius 3 is 2.54 bits per heavy atom. The third-order valence-corrected chi connectivity index (χ3v) is 4.44. The molecule has 1 fully saturated rings. The molecule has 1 aliphatic rings. The fraction of sp³-hybridized carbons (Fsp3) is 0.944. The standard InChI is InChI=1S/C18H38N4O.HI/c1-4-19-18(20-11-6-5-7-16-23-3)21-12-8-13-22-14-9-17(2)10-15-22;/h17H,4-16H2,1-3H3,(H2,19,20,21);1H. The summed E-state index contributed by atoms with van der Waals surface area (Å²) in [7, 11) is 1.76. The Labute approximate surface area is 166 Å². The lowest BCUT2D eigenvalue weighted by Gasteiger charge is -2.29. The third kappa shape index (κ3) is 12.3. The molecule has 144 valence electrons. The zero-order chi connectivity index (χ0) is 16.8. The van der Waals surface area contributed by atoms with Crippen molar-refractivity contribution >= 4 is 29.9 Å². The summed E-state index contributed by atoms with van der Waals surface area (Å²) in [4.78, 5) is 7.28. The van der Waals surface area contributed by atoms with Crippen molar-refractivity contribution in [3.8, 4) is 0 Å². The van der Waals surface area contributed by atoms with Crippen molar-refractivity contribution in [1.82, 2.24) is 15.5 Å². The van der Waals surface area contributed by atoms with Crippen LogP contribution in [0.15, 0.2) is 4.99 Å². The van der Waals surface area contributed by atoms with E-state index in [-0.39, 0.29) is 24.0 Å².